The molecule has 0 N–H and O–H groups in total. The first-order chi connectivity index (χ1) is 9.86. The Bertz CT molecular complexity index is 679. The predicted molar refractivity (Wildman–Crippen MR) is 71.8 cm³/mol. The van der Waals surface area contributed by atoms with Crippen LogP contribution in [0.2, 0.25) is 0 Å². The van der Waals surface area contributed by atoms with Crippen molar-refractivity contribution in [2.24, 2.45) is 4.99 Å². The van der Waals surface area contributed by atoms with Gasteiger partial charge in [0.2, 0.25) is 0 Å². The summed E-state index contributed by atoms with van der Waals surface area (Å²) < 4.78 is 37.2. The first-order valence-electron chi connectivity index (χ1n) is 5.82. The zero-order valence-corrected chi connectivity index (χ0v) is 10.5. The molecular weight excluding hydrogens is 285 g/mol. The molecule has 2 aromatic rings. The van der Waals surface area contributed by atoms with Crippen molar-refractivity contribution in [3.05, 3.63) is 69.8 Å². The Labute approximate surface area is 117 Å². The van der Waals surface area contributed by atoms with Gasteiger partial charge in [0.15, 0.2) is 0 Å². The van der Waals surface area contributed by atoms with E-state index in [1.165, 1.54) is 36.5 Å². The van der Waals surface area contributed by atoms with Crippen LogP contribution in [0.15, 0.2) is 53.5 Å². The van der Waals surface area contributed by atoms with Gasteiger partial charge in [0.1, 0.15) is 0 Å². The summed E-state index contributed by atoms with van der Waals surface area (Å²) in [6.45, 7) is 0. The maximum Gasteiger partial charge on any atom is 0.416 e. The molecule has 0 aliphatic carbocycles. The summed E-state index contributed by atoms with van der Waals surface area (Å²) in [6, 6.07) is 10.1. The Hall–Kier alpha value is -2.70. The fourth-order valence-electron chi connectivity index (χ4n) is 1.59. The van der Waals surface area contributed by atoms with Crippen molar-refractivity contribution in [3.8, 4) is 0 Å². The Morgan fingerprint density at radius 3 is 2.33 bits per heavy atom. The van der Waals surface area contributed by atoms with E-state index in [-0.39, 0.29) is 5.69 Å². The van der Waals surface area contributed by atoms with Crippen molar-refractivity contribution in [1.29, 1.82) is 0 Å². The second-order valence-electron chi connectivity index (χ2n) is 4.15. The summed E-state index contributed by atoms with van der Waals surface area (Å²) in [7, 11) is 0. The van der Waals surface area contributed by atoms with Gasteiger partial charge in [-0.05, 0) is 23.8 Å². The van der Waals surface area contributed by atoms with Crippen molar-refractivity contribution < 1.29 is 18.1 Å². The van der Waals surface area contributed by atoms with E-state index in [2.05, 4.69) is 4.99 Å². The average Bonchev–Trinajstić information content (AvgIpc) is 2.45. The Kier molecular flexibility index (Phi) is 4.02. The first kappa shape index (κ1) is 14.7. The monoisotopic (exact) mass is 294 g/mol. The maximum atomic E-state index is 12.4. The van der Waals surface area contributed by atoms with Crippen molar-refractivity contribution in [3.63, 3.8) is 0 Å². The van der Waals surface area contributed by atoms with E-state index in [4.69, 9.17) is 0 Å². The predicted octanol–water partition coefficient (Wildman–Crippen LogP) is 4.36. The smallest absolute Gasteiger partial charge is 0.258 e. The van der Waals surface area contributed by atoms with Crippen LogP contribution in [-0.2, 0) is 6.18 Å². The van der Waals surface area contributed by atoms with Gasteiger partial charge in [-0.2, -0.15) is 13.2 Å². The lowest BCUT2D eigenvalue weighted by Gasteiger charge is -2.05. The summed E-state index contributed by atoms with van der Waals surface area (Å²) in [5.41, 5.74) is -0.0225. The highest BCUT2D eigenvalue weighted by Gasteiger charge is 2.29. The molecule has 108 valence electrons. The minimum absolute atomic E-state index is 0.0999. The average molecular weight is 294 g/mol. The molecule has 0 heterocycles. The number of rotatable bonds is 3. The maximum absolute atomic E-state index is 12.4. The summed E-state index contributed by atoms with van der Waals surface area (Å²) in [4.78, 5) is 14.1. The molecule has 0 aliphatic rings. The molecular formula is C14H9F3N2O2. The SMILES string of the molecule is O=[N+]([O-])c1cccc(N=Cc2ccc(C(F)(F)F)cc2)c1. The third-order valence-electron chi connectivity index (χ3n) is 2.64. The number of nitro benzene ring substituents is 1. The van der Waals surface area contributed by atoms with Gasteiger partial charge < -0.3 is 0 Å². The molecule has 0 bridgehead atoms. The standard InChI is InChI=1S/C14H9F3N2O2/c15-14(16,17)11-6-4-10(5-7-11)9-18-12-2-1-3-13(8-12)19(20)21/h1-9H. The molecule has 2 rings (SSSR count). The van der Waals surface area contributed by atoms with Gasteiger partial charge in [0, 0.05) is 18.3 Å². The number of nitrogens with zero attached hydrogens (tertiary/aromatic N) is 2. The lowest BCUT2D eigenvalue weighted by atomic mass is 10.1. The van der Waals surface area contributed by atoms with Gasteiger partial charge in [0.25, 0.3) is 5.69 Å². The van der Waals surface area contributed by atoms with Crippen molar-refractivity contribution >= 4 is 17.6 Å². The van der Waals surface area contributed by atoms with E-state index in [9.17, 15) is 23.3 Å². The van der Waals surface area contributed by atoms with E-state index in [1.807, 2.05) is 0 Å². The molecule has 0 saturated heterocycles. The normalized spacial score (nSPS) is 11.8. The Morgan fingerprint density at radius 2 is 1.76 bits per heavy atom. The number of hydrogen-bond donors (Lipinski definition) is 0. The highest BCUT2D eigenvalue weighted by Crippen LogP contribution is 2.29. The zero-order valence-electron chi connectivity index (χ0n) is 10.5. The molecule has 4 nitrogen and oxygen atoms in total. The number of alkyl halides is 3. The van der Waals surface area contributed by atoms with E-state index in [1.54, 1.807) is 6.07 Å². The second-order valence-corrected chi connectivity index (χ2v) is 4.15. The largest absolute Gasteiger partial charge is 0.416 e. The van der Waals surface area contributed by atoms with Crippen molar-refractivity contribution in [2.45, 2.75) is 6.18 Å². The molecule has 2 aromatic carbocycles. The molecule has 0 unspecified atom stereocenters. The van der Waals surface area contributed by atoms with Crippen LogP contribution in [0.1, 0.15) is 11.1 Å². The van der Waals surface area contributed by atoms with Gasteiger partial charge >= 0.3 is 6.18 Å². The van der Waals surface area contributed by atoms with Crippen LogP contribution in [0.3, 0.4) is 0 Å². The molecule has 0 aliphatic heterocycles. The molecule has 0 saturated carbocycles. The van der Waals surface area contributed by atoms with Gasteiger partial charge in [0.05, 0.1) is 16.2 Å². The Morgan fingerprint density at radius 1 is 1.10 bits per heavy atom. The van der Waals surface area contributed by atoms with Crippen molar-refractivity contribution in [1.82, 2.24) is 0 Å². The lowest BCUT2D eigenvalue weighted by Crippen LogP contribution is -2.04. The minimum atomic E-state index is -4.38. The van der Waals surface area contributed by atoms with E-state index in [0.29, 0.717) is 11.3 Å². The van der Waals surface area contributed by atoms with Crippen LogP contribution >= 0.6 is 0 Å². The molecule has 0 radical (unpaired) electrons. The third kappa shape index (κ3) is 3.88. The summed E-state index contributed by atoms with van der Waals surface area (Å²) in [5, 5.41) is 10.6. The van der Waals surface area contributed by atoms with Crippen LogP contribution < -0.4 is 0 Å². The number of halogens is 3. The third-order valence-corrected chi connectivity index (χ3v) is 2.64. The van der Waals surface area contributed by atoms with Crippen molar-refractivity contribution in [2.75, 3.05) is 0 Å². The summed E-state index contributed by atoms with van der Waals surface area (Å²) in [5.74, 6) is 0. The topological polar surface area (TPSA) is 55.5 Å². The fourth-order valence-corrected chi connectivity index (χ4v) is 1.59. The first-order valence-corrected chi connectivity index (χ1v) is 5.82. The van der Waals surface area contributed by atoms with Crippen LogP contribution in [0.4, 0.5) is 24.5 Å². The number of benzene rings is 2. The highest BCUT2D eigenvalue weighted by atomic mass is 19.4. The molecule has 0 spiro atoms. The quantitative estimate of drug-likeness (QED) is 0.479. The van der Waals surface area contributed by atoms with Gasteiger partial charge in [-0.15, -0.1) is 0 Å². The Balaban J connectivity index is 2.18. The van der Waals surface area contributed by atoms with Gasteiger partial charge in [-0.25, -0.2) is 0 Å². The fraction of sp³-hybridized carbons (Fsp3) is 0.0714. The van der Waals surface area contributed by atoms with Crippen LogP contribution in [0, 0.1) is 10.1 Å². The number of aliphatic imine (C=N–C) groups is 1. The number of nitro groups is 1. The summed E-state index contributed by atoms with van der Waals surface area (Å²) >= 11 is 0. The van der Waals surface area contributed by atoms with Crippen LogP contribution in [0.5, 0.6) is 0 Å². The highest BCUT2D eigenvalue weighted by molar-refractivity contribution is 5.82. The lowest BCUT2D eigenvalue weighted by molar-refractivity contribution is -0.384. The van der Waals surface area contributed by atoms with E-state index in [0.717, 1.165) is 12.1 Å². The van der Waals surface area contributed by atoms with E-state index >= 15 is 0 Å². The molecule has 0 atom stereocenters. The van der Waals surface area contributed by atoms with Crippen LogP contribution in [0.25, 0.3) is 0 Å². The molecule has 7 heteroatoms. The molecule has 0 aromatic heterocycles. The molecule has 0 amide bonds. The van der Waals surface area contributed by atoms with Crippen LogP contribution in [-0.4, -0.2) is 11.1 Å². The zero-order chi connectivity index (χ0) is 15.5. The number of non-ortho nitro benzene ring substituents is 1. The number of hydrogen-bond acceptors (Lipinski definition) is 3. The molecule has 0 fully saturated rings. The summed E-state index contributed by atoms with van der Waals surface area (Å²) in [6.07, 6.45) is -3.03. The minimum Gasteiger partial charge on any atom is -0.258 e. The second kappa shape index (κ2) is 5.74. The van der Waals surface area contributed by atoms with Gasteiger partial charge in [-0.3, -0.25) is 15.1 Å². The van der Waals surface area contributed by atoms with Gasteiger partial charge in [-0.1, -0.05) is 18.2 Å². The molecule has 21 heavy (non-hydrogen) atoms. The van der Waals surface area contributed by atoms with E-state index < -0.39 is 16.7 Å².